The van der Waals surface area contributed by atoms with Gasteiger partial charge in [-0.3, -0.25) is 14.5 Å². The topological polar surface area (TPSA) is 49.4 Å². The largest absolute Gasteiger partial charge is 0.373 e. The Bertz CT molecular complexity index is 546. The molecule has 114 valence electrons. The average molecular weight is 288 g/mol. The molecule has 4 heteroatoms. The number of imide groups is 1. The fourth-order valence-corrected chi connectivity index (χ4v) is 2.71. The van der Waals surface area contributed by atoms with Crippen molar-refractivity contribution < 1.29 is 9.59 Å². The van der Waals surface area contributed by atoms with Gasteiger partial charge in [0.05, 0.1) is 6.42 Å². The number of carbonyl (C=O) groups excluding carboxylic acids is 2. The van der Waals surface area contributed by atoms with Gasteiger partial charge in [0.2, 0.25) is 5.91 Å². The molecule has 2 amide bonds. The van der Waals surface area contributed by atoms with Gasteiger partial charge in [-0.05, 0) is 23.5 Å². The molecule has 1 unspecified atom stereocenters. The third-order valence-electron chi connectivity index (χ3n) is 3.76. The van der Waals surface area contributed by atoms with E-state index in [1.54, 1.807) is 0 Å². The van der Waals surface area contributed by atoms with Crippen LogP contribution in [0.4, 0.5) is 5.69 Å². The fourth-order valence-electron chi connectivity index (χ4n) is 2.71. The van der Waals surface area contributed by atoms with E-state index in [9.17, 15) is 9.59 Å². The van der Waals surface area contributed by atoms with Crippen molar-refractivity contribution in [3.8, 4) is 0 Å². The molecule has 1 atom stereocenters. The summed E-state index contributed by atoms with van der Waals surface area (Å²) in [7, 11) is 0. The highest BCUT2D eigenvalue weighted by atomic mass is 16.2. The number of para-hydroxylation sites is 1. The van der Waals surface area contributed by atoms with Gasteiger partial charge in [0.25, 0.3) is 5.91 Å². The van der Waals surface area contributed by atoms with E-state index in [0.717, 1.165) is 17.7 Å². The Morgan fingerprint density at radius 1 is 1.24 bits per heavy atom. The van der Waals surface area contributed by atoms with Crippen LogP contribution in [-0.4, -0.2) is 29.3 Å². The molecule has 1 heterocycles. The third-order valence-corrected chi connectivity index (χ3v) is 3.76. The number of likely N-dealkylation sites (tertiary alicyclic amines) is 1. The minimum Gasteiger partial charge on any atom is -0.373 e. The van der Waals surface area contributed by atoms with Crippen molar-refractivity contribution >= 4 is 17.5 Å². The number of hydrogen-bond donors (Lipinski definition) is 1. The molecule has 0 radical (unpaired) electrons. The number of rotatable bonds is 4. The second-order valence-electron chi connectivity index (χ2n) is 6.58. The lowest BCUT2D eigenvalue weighted by atomic mass is 9.85. The fraction of sp³-hybridized carbons (Fsp3) is 0.529. The van der Waals surface area contributed by atoms with Crippen molar-refractivity contribution in [3.63, 3.8) is 0 Å². The number of nitrogens with one attached hydrogen (secondary N) is 1. The molecule has 0 aliphatic carbocycles. The molecule has 4 nitrogen and oxygen atoms in total. The highest BCUT2D eigenvalue weighted by molar-refractivity contribution is 6.06. The first-order valence-electron chi connectivity index (χ1n) is 7.55. The average Bonchev–Trinajstić information content (AvgIpc) is 2.66. The minimum atomic E-state index is -0.437. The maximum Gasteiger partial charge on any atom is 0.252 e. The Hall–Kier alpha value is -1.84. The van der Waals surface area contributed by atoms with E-state index in [2.05, 4.69) is 32.2 Å². The molecule has 0 aromatic heterocycles. The number of nitrogens with zero attached hydrogens (tertiary/aromatic N) is 1. The molecule has 1 aromatic carbocycles. The van der Waals surface area contributed by atoms with Crippen LogP contribution in [-0.2, 0) is 15.0 Å². The zero-order chi connectivity index (χ0) is 15.6. The first kappa shape index (κ1) is 15.5. The second-order valence-corrected chi connectivity index (χ2v) is 6.58. The van der Waals surface area contributed by atoms with Crippen LogP contribution in [0.2, 0.25) is 0 Å². The van der Waals surface area contributed by atoms with Crippen LogP contribution < -0.4 is 5.32 Å². The Morgan fingerprint density at radius 2 is 1.90 bits per heavy atom. The number of amides is 2. The van der Waals surface area contributed by atoms with Crippen molar-refractivity contribution in [2.45, 2.75) is 52.0 Å². The lowest BCUT2D eigenvalue weighted by Crippen LogP contribution is -2.35. The maximum atomic E-state index is 12.3. The van der Waals surface area contributed by atoms with Crippen molar-refractivity contribution in [1.29, 1.82) is 0 Å². The van der Waals surface area contributed by atoms with Gasteiger partial charge in [0.15, 0.2) is 0 Å². The number of anilines is 1. The first-order chi connectivity index (χ1) is 9.84. The quantitative estimate of drug-likeness (QED) is 0.867. The third kappa shape index (κ3) is 3.26. The molecule has 1 aromatic rings. The van der Waals surface area contributed by atoms with Crippen molar-refractivity contribution in [3.05, 3.63) is 29.8 Å². The van der Waals surface area contributed by atoms with E-state index in [1.807, 2.05) is 25.1 Å². The Labute approximate surface area is 126 Å². The standard InChI is InChI=1S/C17H24N2O2/c1-5-10-19-15(20)11-14(16(19)21)18-13-9-7-6-8-12(13)17(2,3)4/h6-9,14,18H,5,10-11H2,1-4H3. The smallest absolute Gasteiger partial charge is 0.252 e. The van der Waals surface area contributed by atoms with E-state index in [1.165, 1.54) is 4.90 Å². The molecule has 0 bridgehead atoms. The van der Waals surface area contributed by atoms with Gasteiger partial charge in [-0.1, -0.05) is 45.9 Å². The monoisotopic (exact) mass is 288 g/mol. The van der Waals surface area contributed by atoms with Crippen molar-refractivity contribution in [2.24, 2.45) is 0 Å². The SMILES string of the molecule is CCCN1C(=O)CC(Nc2ccccc2C(C)(C)C)C1=O. The number of benzene rings is 1. The van der Waals surface area contributed by atoms with E-state index in [0.29, 0.717) is 6.54 Å². The Balaban J connectivity index is 2.20. The summed E-state index contributed by atoms with van der Waals surface area (Å²) < 4.78 is 0. The molecule has 21 heavy (non-hydrogen) atoms. The first-order valence-corrected chi connectivity index (χ1v) is 7.55. The van der Waals surface area contributed by atoms with Gasteiger partial charge in [-0.2, -0.15) is 0 Å². The molecule has 0 saturated carbocycles. The van der Waals surface area contributed by atoms with Crippen LogP contribution in [0.25, 0.3) is 0 Å². The summed E-state index contributed by atoms with van der Waals surface area (Å²) in [5.74, 6) is -0.182. The molecule has 1 fully saturated rings. The van der Waals surface area contributed by atoms with Gasteiger partial charge in [-0.25, -0.2) is 0 Å². The van der Waals surface area contributed by atoms with E-state index < -0.39 is 6.04 Å². The molecular formula is C17H24N2O2. The second kappa shape index (κ2) is 5.88. The minimum absolute atomic E-state index is 0.0155. The molecular weight excluding hydrogens is 264 g/mol. The molecule has 0 spiro atoms. The zero-order valence-electron chi connectivity index (χ0n) is 13.3. The molecule has 2 rings (SSSR count). The van der Waals surface area contributed by atoms with Crippen molar-refractivity contribution in [2.75, 3.05) is 11.9 Å². The highest BCUT2D eigenvalue weighted by Crippen LogP contribution is 2.30. The van der Waals surface area contributed by atoms with Crippen LogP contribution >= 0.6 is 0 Å². The van der Waals surface area contributed by atoms with Crippen LogP contribution in [0.15, 0.2) is 24.3 Å². The predicted molar refractivity (Wildman–Crippen MR) is 84.2 cm³/mol. The molecule has 1 aliphatic heterocycles. The normalized spacial score (nSPS) is 19.2. The lowest BCUT2D eigenvalue weighted by molar-refractivity contribution is -0.138. The Kier molecular flexibility index (Phi) is 4.35. The summed E-state index contributed by atoms with van der Waals surface area (Å²) in [5.41, 5.74) is 2.08. The van der Waals surface area contributed by atoms with Crippen LogP contribution in [0, 0.1) is 0 Å². The Morgan fingerprint density at radius 3 is 2.52 bits per heavy atom. The predicted octanol–water partition coefficient (Wildman–Crippen LogP) is 2.93. The van der Waals surface area contributed by atoms with Crippen LogP contribution in [0.5, 0.6) is 0 Å². The van der Waals surface area contributed by atoms with Gasteiger partial charge in [0, 0.05) is 12.2 Å². The maximum absolute atomic E-state index is 12.3. The van der Waals surface area contributed by atoms with E-state index in [-0.39, 0.29) is 23.7 Å². The van der Waals surface area contributed by atoms with Gasteiger partial charge in [0.1, 0.15) is 6.04 Å². The number of hydrogen-bond acceptors (Lipinski definition) is 3. The molecule has 1 aliphatic rings. The summed E-state index contributed by atoms with van der Waals surface area (Å²) in [6.45, 7) is 8.89. The van der Waals surface area contributed by atoms with Crippen LogP contribution in [0.1, 0.15) is 46.1 Å². The van der Waals surface area contributed by atoms with E-state index in [4.69, 9.17) is 0 Å². The van der Waals surface area contributed by atoms with Gasteiger partial charge >= 0.3 is 0 Å². The lowest BCUT2D eigenvalue weighted by Gasteiger charge is -2.25. The van der Waals surface area contributed by atoms with Crippen LogP contribution in [0.3, 0.4) is 0 Å². The van der Waals surface area contributed by atoms with Gasteiger partial charge in [-0.15, -0.1) is 0 Å². The summed E-state index contributed by atoms with van der Waals surface area (Å²) >= 11 is 0. The van der Waals surface area contributed by atoms with Gasteiger partial charge < -0.3 is 5.32 Å². The summed E-state index contributed by atoms with van der Waals surface area (Å²) in [4.78, 5) is 25.6. The van der Waals surface area contributed by atoms with E-state index >= 15 is 0 Å². The summed E-state index contributed by atoms with van der Waals surface area (Å²) in [5, 5.41) is 3.27. The zero-order valence-corrected chi connectivity index (χ0v) is 13.3. The molecule has 1 saturated heterocycles. The number of carbonyl (C=O) groups is 2. The van der Waals surface area contributed by atoms with Crippen molar-refractivity contribution in [1.82, 2.24) is 4.90 Å². The highest BCUT2D eigenvalue weighted by Gasteiger charge is 2.38. The summed E-state index contributed by atoms with van der Waals surface area (Å²) in [6.07, 6.45) is 1.04. The molecule has 1 N–H and O–H groups in total. The summed E-state index contributed by atoms with van der Waals surface area (Å²) in [6, 6.07) is 7.54.